The maximum atomic E-state index is 12.2. The highest BCUT2D eigenvalue weighted by molar-refractivity contribution is 14.1. The van der Waals surface area contributed by atoms with E-state index in [0.717, 1.165) is 12.1 Å². The first kappa shape index (κ1) is 12.5. The SMILES string of the molecule is FC(F)c1ccc(I)c(OC(F)(F)F)c1. The number of alkyl halides is 5. The third-order valence-corrected chi connectivity index (χ3v) is 2.32. The lowest BCUT2D eigenvalue weighted by atomic mass is 10.2. The lowest BCUT2D eigenvalue weighted by molar-refractivity contribution is -0.275. The van der Waals surface area contributed by atoms with Gasteiger partial charge < -0.3 is 4.74 Å². The summed E-state index contributed by atoms with van der Waals surface area (Å²) in [6.45, 7) is 0. The molecule has 0 aliphatic carbocycles. The Balaban J connectivity index is 3.01. The summed E-state index contributed by atoms with van der Waals surface area (Å²) >= 11 is 1.57. The molecule has 0 atom stereocenters. The predicted molar refractivity (Wildman–Crippen MR) is 50.8 cm³/mol. The van der Waals surface area contributed by atoms with Gasteiger partial charge in [-0.25, -0.2) is 8.78 Å². The predicted octanol–water partition coefficient (Wildman–Crippen LogP) is 4.13. The maximum absolute atomic E-state index is 12.2. The number of ether oxygens (including phenoxy) is 1. The van der Waals surface area contributed by atoms with Crippen molar-refractivity contribution in [2.24, 2.45) is 0 Å². The van der Waals surface area contributed by atoms with Gasteiger partial charge in [0.15, 0.2) is 0 Å². The summed E-state index contributed by atoms with van der Waals surface area (Å²) in [5, 5.41) is 0. The molecular weight excluding hydrogens is 334 g/mol. The minimum absolute atomic E-state index is 0.120. The monoisotopic (exact) mass is 338 g/mol. The van der Waals surface area contributed by atoms with Crippen LogP contribution in [0.25, 0.3) is 0 Å². The highest BCUT2D eigenvalue weighted by atomic mass is 127. The Hall–Kier alpha value is -0.600. The Morgan fingerprint density at radius 1 is 1.20 bits per heavy atom. The topological polar surface area (TPSA) is 9.23 Å². The van der Waals surface area contributed by atoms with E-state index < -0.39 is 24.1 Å². The van der Waals surface area contributed by atoms with E-state index in [1.165, 1.54) is 0 Å². The number of rotatable bonds is 2. The second kappa shape index (κ2) is 4.50. The Kier molecular flexibility index (Phi) is 3.74. The van der Waals surface area contributed by atoms with Gasteiger partial charge in [-0.15, -0.1) is 13.2 Å². The summed E-state index contributed by atoms with van der Waals surface area (Å²) in [6.07, 6.45) is -7.70. The van der Waals surface area contributed by atoms with Gasteiger partial charge in [0.05, 0.1) is 3.57 Å². The first-order valence-corrected chi connectivity index (χ1v) is 4.71. The largest absolute Gasteiger partial charge is 0.573 e. The van der Waals surface area contributed by atoms with Gasteiger partial charge in [0.25, 0.3) is 6.43 Å². The fourth-order valence-electron chi connectivity index (χ4n) is 0.859. The van der Waals surface area contributed by atoms with Crippen LogP contribution >= 0.6 is 22.6 Å². The molecule has 0 spiro atoms. The van der Waals surface area contributed by atoms with Crippen LogP contribution in [0.3, 0.4) is 0 Å². The van der Waals surface area contributed by atoms with E-state index in [4.69, 9.17) is 0 Å². The molecule has 0 aliphatic rings. The van der Waals surface area contributed by atoms with Gasteiger partial charge >= 0.3 is 6.36 Å². The summed E-state index contributed by atoms with van der Waals surface area (Å²) in [6, 6.07) is 2.87. The molecule has 0 aliphatic heterocycles. The lowest BCUT2D eigenvalue weighted by Gasteiger charge is -2.11. The number of hydrogen-bond donors (Lipinski definition) is 0. The average Bonchev–Trinajstić information content (AvgIpc) is 2.06. The number of halogens is 6. The van der Waals surface area contributed by atoms with E-state index in [2.05, 4.69) is 4.74 Å². The summed E-state index contributed by atoms with van der Waals surface area (Å²) in [7, 11) is 0. The molecule has 0 unspecified atom stereocenters. The van der Waals surface area contributed by atoms with Gasteiger partial charge in [0, 0.05) is 5.56 Å². The van der Waals surface area contributed by atoms with Crippen molar-refractivity contribution < 1.29 is 26.7 Å². The fourth-order valence-corrected chi connectivity index (χ4v) is 1.30. The molecule has 0 saturated heterocycles. The molecular formula is C8H4F5IO. The van der Waals surface area contributed by atoms with Crippen LogP contribution in [0.2, 0.25) is 0 Å². The van der Waals surface area contributed by atoms with Gasteiger partial charge in [0.2, 0.25) is 0 Å². The summed E-state index contributed by atoms with van der Waals surface area (Å²) < 4.78 is 63.6. The minimum atomic E-state index is -4.87. The molecule has 0 saturated carbocycles. The number of hydrogen-bond acceptors (Lipinski definition) is 1. The zero-order valence-electron chi connectivity index (χ0n) is 6.99. The van der Waals surface area contributed by atoms with Gasteiger partial charge in [-0.1, -0.05) is 6.07 Å². The molecule has 1 aromatic rings. The molecule has 1 rings (SSSR count). The van der Waals surface area contributed by atoms with Crippen LogP contribution in [-0.4, -0.2) is 6.36 Å². The molecule has 0 aromatic heterocycles. The molecule has 15 heavy (non-hydrogen) atoms. The summed E-state index contributed by atoms with van der Waals surface area (Å²) in [5.41, 5.74) is -0.505. The normalized spacial score (nSPS) is 11.9. The average molecular weight is 338 g/mol. The standard InChI is InChI=1S/C8H4F5IO/c9-7(10)4-1-2-5(14)6(3-4)15-8(11,12)13/h1-3,7H. The van der Waals surface area contributed by atoms with E-state index in [1.807, 2.05) is 0 Å². The quantitative estimate of drug-likeness (QED) is 0.582. The molecule has 0 radical (unpaired) electrons. The van der Waals surface area contributed by atoms with Gasteiger partial charge in [-0.3, -0.25) is 0 Å². The molecule has 1 aromatic carbocycles. The summed E-state index contributed by atoms with van der Waals surface area (Å²) in [5.74, 6) is -0.610. The van der Waals surface area contributed by atoms with Crippen LogP contribution in [0.5, 0.6) is 5.75 Å². The smallest absolute Gasteiger partial charge is 0.405 e. The molecule has 7 heteroatoms. The molecule has 1 nitrogen and oxygen atoms in total. The van der Waals surface area contributed by atoms with Crippen LogP contribution in [0, 0.1) is 3.57 Å². The molecule has 0 amide bonds. The fraction of sp³-hybridized carbons (Fsp3) is 0.250. The first-order chi connectivity index (χ1) is 6.79. The Bertz CT molecular complexity index is 349. The third-order valence-electron chi connectivity index (χ3n) is 1.43. The molecule has 0 N–H and O–H groups in total. The molecule has 0 heterocycles. The zero-order chi connectivity index (χ0) is 11.6. The van der Waals surface area contributed by atoms with E-state index in [1.54, 1.807) is 22.6 Å². The van der Waals surface area contributed by atoms with Gasteiger partial charge in [0.1, 0.15) is 5.75 Å². The Morgan fingerprint density at radius 2 is 1.80 bits per heavy atom. The molecule has 84 valence electrons. The number of benzene rings is 1. The van der Waals surface area contributed by atoms with Gasteiger partial charge in [-0.2, -0.15) is 0 Å². The van der Waals surface area contributed by atoms with Gasteiger partial charge in [-0.05, 0) is 34.7 Å². The van der Waals surface area contributed by atoms with E-state index in [-0.39, 0.29) is 3.57 Å². The van der Waals surface area contributed by atoms with Crippen LogP contribution in [0.15, 0.2) is 18.2 Å². The van der Waals surface area contributed by atoms with Crippen molar-refractivity contribution in [2.75, 3.05) is 0 Å². The van der Waals surface area contributed by atoms with Crippen molar-refractivity contribution in [3.8, 4) is 5.75 Å². The van der Waals surface area contributed by atoms with Crippen molar-refractivity contribution in [3.05, 3.63) is 27.3 Å². The van der Waals surface area contributed by atoms with Crippen molar-refractivity contribution in [2.45, 2.75) is 12.8 Å². The second-order valence-electron chi connectivity index (χ2n) is 2.54. The van der Waals surface area contributed by atoms with Crippen molar-refractivity contribution in [3.63, 3.8) is 0 Å². The minimum Gasteiger partial charge on any atom is -0.405 e. The summed E-state index contributed by atoms with van der Waals surface area (Å²) in [4.78, 5) is 0. The highest BCUT2D eigenvalue weighted by Gasteiger charge is 2.32. The lowest BCUT2D eigenvalue weighted by Crippen LogP contribution is -2.18. The Labute approximate surface area is 95.4 Å². The van der Waals surface area contributed by atoms with Crippen molar-refractivity contribution in [1.29, 1.82) is 0 Å². The van der Waals surface area contributed by atoms with Crippen LogP contribution < -0.4 is 4.74 Å². The second-order valence-corrected chi connectivity index (χ2v) is 3.70. The van der Waals surface area contributed by atoms with Crippen molar-refractivity contribution in [1.82, 2.24) is 0 Å². The van der Waals surface area contributed by atoms with Crippen LogP contribution in [0.1, 0.15) is 12.0 Å². The van der Waals surface area contributed by atoms with E-state index in [0.29, 0.717) is 6.07 Å². The van der Waals surface area contributed by atoms with Crippen LogP contribution in [0.4, 0.5) is 22.0 Å². The van der Waals surface area contributed by atoms with E-state index in [9.17, 15) is 22.0 Å². The maximum Gasteiger partial charge on any atom is 0.573 e. The highest BCUT2D eigenvalue weighted by Crippen LogP contribution is 2.31. The van der Waals surface area contributed by atoms with Crippen molar-refractivity contribution >= 4 is 22.6 Å². The van der Waals surface area contributed by atoms with E-state index >= 15 is 0 Å². The Morgan fingerprint density at radius 3 is 2.27 bits per heavy atom. The zero-order valence-corrected chi connectivity index (χ0v) is 9.14. The van der Waals surface area contributed by atoms with Crippen LogP contribution in [-0.2, 0) is 0 Å². The third kappa shape index (κ3) is 3.80. The first-order valence-electron chi connectivity index (χ1n) is 3.63. The molecule has 0 bridgehead atoms. The molecule has 0 fully saturated rings.